The van der Waals surface area contributed by atoms with Gasteiger partial charge in [0.2, 0.25) is 0 Å². The molecule has 2 aromatic carbocycles. The molecule has 1 aromatic heterocycles. The van der Waals surface area contributed by atoms with Crippen molar-refractivity contribution in [2.24, 2.45) is 0 Å². The quantitative estimate of drug-likeness (QED) is 0.727. The van der Waals surface area contributed by atoms with Crippen molar-refractivity contribution in [3.63, 3.8) is 0 Å². The van der Waals surface area contributed by atoms with Crippen molar-refractivity contribution < 1.29 is 4.74 Å². The van der Waals surface area contributed by atoms with E-state index in [0.717, 1.165) is 11.2 Å². The van der Waals surface area contributed by atoms with E-state index in [1.54, 1.807) is 25.3 Å². The summed E-state index contributed by atoms with van der Waals surface area (Å²) in [6.45, 7) is 0. The fourth-order valence-electron chi connectivity index (χ4n) is 2.07. The minimum absolute atomic E-state index is 0.274. The van der Waals surface area contributed by atoms with Crippen LogP contribution < -0.4 is 10.3 Å². The Morgan fingerprint density at radius 1 is 1.15 bits per heavy atom. The number of halogens is 1. The van der Waals surface area contributed by atoms with Gasteiger partial charge < -0.3 is 9.30 Å². The van der Waals surface area contributed by atoms with E-state index in [1.807, 2.05) is 28.8 Å². The average molecular weight is 287 g/mol. The van der Waals surface area contributed by atoms with E-state index in [-0.39, 0.29) is 5.56 Å². The second-order valence-electron chi connectivity index (χ2n) is 4.28. The summed E-state index contributed by atoms with van der Waals surface area (Å²) in [5, 5.41) is 1.18. The van der Waals surface area contributed by atoms with E-state index in [1.165, 1.54) is 6.33 Å². The Morgan fingerprint density at radius 2 is 1.90 bits per heavy atom. The minimum Gasteiger partial charge on any atom is -0.497 e. The third-order valence-electron chi connectivity index (χ3n) is 3.09. The molecule has 100 valence electrons. The number of nitrogens with zero attached hydrogens (tertiary/aromatic N) is 2. The Labute approximate surface area is 120 Å². The lowest BCUT2D eigenvalue weighted by Crippen LogP contribution is -2.11. The standard InChI is InChI=1S/C15H11ClN2O2/c1-20-12-6-7-14-13(8-12)15(19)17-9-18(14)11-4-2-10(16)3-5-11/h2-9H,1H3. The zero-order chi connectivity index (χ0) is 14.1. The third kappa shape index (κ3) is 2.14. The molecule has 0 saturated carbocycles. The fourth-order valence-corrected chi connectivity index (χ4v) is 2.20. The first-order valence-electron chi connectivity index (χ1n) is 6.00. The molecule has 0 amide bonds. The zero-order valence-electron chi connectivity index (χ0n) is 10.7. The molecule has 0 atom stereocenters. The number of benzene rings is 2. The largest absolute Gasteiger partial charge is 0.497 e. The van der Waals surface area contributed by atoms with Gasteiger partial charge in [-0.3, -0.25) is 4.79 Å². The predicted octanol–water partition coefficient (Wildman–Crippen LogP) is 3.05. The number of ether oxygens (including phenoxy) is 1. The van der Waals surface area contributed by atoms with Crippen LogP contribution >= 0.6 is 11.6 Å². The van der Waals surface area contributed by atoms with Crippen LogP contribution in [0.4, 0.5) is 0 Å². The van der Waals surface area contributed by atoms with Crippen molar-refractivity contribution in [1.29, 1.82) is 0 Å². The van der Waals surface area contributed by atoms with E-state index < -0.39 is 0 Å². The predicted molar refractivity (Wildman–Crippen MR) is 78.9 cm³/mol. The molecule has 1 heterocycles. The van der Waals surface area contributed by atoms with Crippen molar-refractivity contribution >= 4 is 22.5 Å². The van der Waals surface area contributed by atoms with Crippen LogP contribution in [0.15, 0.2) is 53.6 Å². The Balaban J connectivity index is 2.29. The highest BCUT2D eigenvalue weighted by Gasteiger charge is 2.07. The maximum Gasteiger partial charge on any atom is 0.280 e. The molecule has 0 fully saturated rings. The summed E-state index contributed by atoms with van der Waals surface area (Å²) in [4.78, 5) is 15.8. The Morgan fingerprint density at radius 3 is 2.60 bits per heavy atom. The number of methoxy groups -OCH3 is 1. The van der Waals surface area contributed by atoms with Crippen molar-refractivity contribution in [2.75, 3.05) is 7.11 Å². The Bertz CT molecular complexity index is 825. The second kappa shape index (κ2) is 4.98. The molecule has 0 aliphatic heterocycles. The first-order valence-corrected chi connectivity index (χ1v) is 6.38. The first-order chi connectivity index (χ1) is 9.69. The summed E-state index contributed by atoms with van der Waals surface area (Å²) in [6, 6.07) is 12.7. The molecular weight excluding hydrogens is 276 g/mol. The normalized spacial score (nSPS) is 10.7. The summed E-state index contributed by atoms with van der Waals surface area (Å²) in [5.74, 6) is 0.630. The summed E-state index contributed by atoms with van der Waals surface area (Å²) < 4.78 is 6.99. The van der Waals surface area contributed by atoms with Gasteiger partial charge in [0, 0.05) is 10.7 Å². The SMILES string of the molecule is COc1ccc2c(c1)c(=O)ncn2-c1ccc(Cl)cc1. The van der Waals surface area contributed by atoms with Gasteiger partial charge in [-0.2, -0.15) is 4.98 Å². The molecule has 3 aromatic rings. The molecule has 20 heavy (non-hydrogen) atoms. The van der Waals surface area contributed by atoms with Gasteiger partial charge >= 0.3 is 0 Å². The molecule has 0 aliphatic rings. The topological polar surface area (TPSA) is 44.1 Å². The van der Waals surface area contributed by atoms with Gasteiger partial charge in [-0.1, -0.05) is 11.6 Å². The van der Waals surface area contributed by atoms with Crippen LogP contribution in [0.2, 0.25) is 5.02 Å². The summed E-state index contributed by atoms with van der Waals surface area (Å²) >= 11 is 5.89. The van der Waals surface area contributed by atoms with Crippen LogP contribution in [0.3, 0.4) is 0 Å². The van der Waals surface area contributed by atoms with Crippen LogP contribution in [0.1, 0.15) is 0 Å². The lowest BCUT2D eigenvalue weighted by atomic mass is 10.2. The highest BCUT2D eigenvalue weighted by Crippen LogP contribution is 2.21. The number of hydrogen-bond acceptors (Lipinski definition) is 3. The van der Waals surface area contributed by atoms with Crippen LogP contribution in [-0.4, -0.2) is 16.7 Å². The molecular formula is C15H11ClN2O2. The second-order valence-corrected chi connectivity index (χ2v) is 4.72. The van der Waals surface area contributed by atoms with Crippen molar-refractivity contribution in [3.05, 3.63) is 64.2 Å². The van der Waals surface area contributed by atoms with Crippen molar-refractivity contribution in [2.45, 2.75) is 0 Å². The zero-order valence-corrected chi connectivity index (χ0v) is 11.5. The third-order valence-corrected chi connectivity index (χ3v) is 3.34. The number of fused-ring (bicyclic) bond motifs is 1. The van der Waals surface area contributed by atoms with E-state index in [2.05, 4.69) is 4.98 Å². The Hall–Kier alpha value is -2.33. The van der Waals surface area contributed by atoms with Crippen LogP contribution in [0.5, 0.6) is 5.75 Å². The smallest absolute Gasteiger partial charge is 0.280 e. The van der Waals surface area contributed by atoms with Gasteiger partial charge in [-0.25, -0.2) is 0 Å². The molecule has 5 heteroatoms. The van der Waals surface area contributed by atoms with Crippen LogP contribution in [0, 0.1) is 0 Å². The molecule has 4 nitrogen and oxygen atoms in total. The number of rotatable bonds is 2. The molecule has 0 spiro atoms. The molecule has 0 bridgehead atoms. The number of aromatic nitrogens is 2. The van der Waals surface area contributed by atoms with E-state index >= 15 is 0 Å². The lowest BCUT2D eigenvalue weighted by molar-refractivity contribution is 0.415. The van der Waals surface area contributed by atoms with Crippen LogP contribution in [0.25, 0.3) is 16.6 Å². The summed E-state index contributed by atoms with van der Waals surface area (Å²) in [5.41, 5.74) is 1.38. The van der Waals surface area contributed by atoms with Crippen molar-refractivity contribution in [3.8, 4) is 11.4 Å². The molecule has 0 saturated heterocycles. The monoisotopic (exact) mass is 286 g/mol. The van der Waals surface area contributed by atoms with Gasteiger partial charge in [0.25, 0.3) is 5.56 Å². The van der Waals surface area contributed by atoms with Gasteiger partial charge in [-0.05, 0) is 42.5 Å². The van der Waals surface area contributed by atoms with Crippen LogP contribution in [-0.2, 0) is 0 Å². The van der Waals surface area contributed by atoms with Gasteiger partial charge in [0.15, 0.2) is 0 Å². The first kappa shape index (κ1) is 12.7. The van der Waals surface area contributed by atoms with Gasteiger partial charge in [0.05, 0.1) is 18.0 Å². The molecule has 0 N–H and O–H groups in total. The lowest BCUT2D eigenvalue weighted by Gasteiger charge is -2.10. The molecule has 0 aliphatic carbocycles. The average Bonchev–Trinajstić information content (AvgIpc) is 2.49. The highest BCUT2D eigenvalue weighted by atomic mass is 35.5. The highest BCUT2D eigenvalue weighted by molar-refractivity contribution is 6.30. The fraction of sp³-hybridized carbons (Fsp3) is 0.0667. The maximum atomic E-state index is 11.9. The van der Waals surface area contributed by atoms with Gasteiger partial charge in [0.1, 0.15) is 12.1 Å². The van der Waals surface area contributed by atoms with Gasteiger partial charge in [-0.15, -0.1) is 0 Å². The van der Waals surface area contributed by atoms with E-state index in [9.17, 15) is 4.79 Å². The maximum absolute atomic E-state index is 11.9. The van der Waals surface area contributed by atoms with Crippen molar-refractivity contribution in [1.82, 2.24) is 9.55 Å². The molecule has 0 unspecified atom stereocenters. The van der Waals surface area contributed by atoms with E-state index in [4.69, 9.17) is 16.3 Å². The summed E-state index contributed by atoms with van der Waals surface area (Å²) in [6.07, 6.45) is 1.51. The summed E-state index contributed by atoms with van der Waals surface area (Å²) in [7, 11) is 1.56. The Kier molecular flexibility index (Phi) is 3.16. The van der Waals surface area contributed by atoms with E-state index in [0.29, 0.717) is 16.2 Å². The molecule has 3 rings (SSSR count). The number of hydrogen-bond donors (Lipinski definition) is 0. The minimum atomic E-state index is -0.274. The molecule has 0 radical (unpaired) electrons.